The van der Waals surface area contributed by atoms with E-state index in [1.807, 2.05) is 13.0 Å². The second-order valence-electron chi connectivity index (χ2n) is 3.60. The first kappa shape index (κ1) is 12.9. The van der Waals surface area contributed by atoms with Crippen molar-refractivity contribution >= 4 is 27.5 Å². The average molecular weight is 292 g/mol. The minimum Gasteiger partial charge on any atom is -0.496 e. The fourth-order valence-electron chi connectivity index (χ4n) is 1.50. The summed E-state index contributed by atoms with van der Waals surface area (Å²) in [4.78, 5) is 0. The van der Waals surface area contributed by atoms with Crippen molar-refractivity contribution < 1.29 is 4.74 Å². The van der Waals surface area contributed by atoms with E-state index >= 15 is 0 Å². The molecule has 3 heteroatoms. The molecule has 0 radical (unpaired) electrons. The van der Waals surface area contributed by atoms with Gasteiger partial charge in [0.1, 0.15) is 5.75 Å². The lowest BCUT2D eigenvalue weighted by Gasteiger charge is -2.15. The summed E-state index contributed by atoms with van der Waals surface area (Å²) in [7, 11) is 1.68. The Kier molecular flexibility index (Phi) is 4.94. The van der Waals surface area contributed by atoms with E-state index in [4.69, 9.17) is 16.3 Å². The Morgan fingerprint density at radius 2 is 2.13 bits per heavy atom. The summed E-state index contributed by atoms with van der Waals surface area (Å²) in [5, 5.41) is 0.0295. The zero-order valence-corrected chi connectivity index (χ0v) is 11.7. The van der Waals surface area contributed by atoms with Gasteiger partial charge < -0.3 is 4.74 Å². The third-order valence-corrected chi connectivity index (χ3v) is 3.70. The molecule has 0 aliphatic carbocycles. The molecule has 0 fully saturated rings. The van der Waals surface area contributed by atoms with Crippen LogP contribution in [0.2, 0.25) is 0 Å². The number of methoxy groups -OCH3 is 1. The Hall–Kier alpha value is -0.210. The summed E-state index contributed by atoms with van der Waals surface area (Å²) in [6.45, 7) is 4.17. The molecule has 0 aromatic heterocycles. The minimum atomic E-state index is 0.0295. The molecule has 0 amide bonds. The summed E-state index contributed by atoms with van der Waals surface area (Å²) in [5.41, 5.74) is 2.23. The lowest BCUT2D eigenvalue weighted by atomic mass is 10.0. The maximum absolute atomic E-state index is 6.31. The Balaban J connectivity index is 3.09. The molecule has 1 unspecified atom stereocenters. The average Bonchev–Trinajstić information content (AvgIpc) is 2.21. The first-order valence-corrected chi connectivity index (χ1v) is 6.31. The van der Waals surface area contributed by atoms with Gasteiger partial charge in [-0.25, -0.2) is 0 Å². The molecule has 0 spiro atoms. The zero-order valence-electron chi connectivity index (χ0n) is 9.31. The van der Waals surface area contributed by atoms with Crippen LogP contribution in [0.5, 0.6) is 5.75 Å². The third-order valence-electron chi connectivity index (χ3n) is 2.39. The number of halogens is 2. The van der Waals surface area contributed by atoms with Crippen LogP contribution in [-0.4, -0.2) is 7.11 Å². The molecule has 1 atom stereocenters. The van der Waals surface area contributed by atoms with Crippen LogP contribution in [0.15, 0.2) is 16.6 Å². The van der Waals surface area contributed by atoms with Gasteiger partial charge in [0.15, 0.2) is 0 Å². The van der Waals surface area contributed by atoms with Crippen molar-refractivity contribution in [2.75, 3.05) is 7.11 Å². The summed E-state index contributed by atoms with van der Waals surface area (Å²) in [6.07, 6.45) is 2.04. The Bertz CT molecular complexity index is 339. The van der Waals surface area contributed by atoms with Gasteiger partial charge in [-0.3, -0.25) is 0 Å². The Labute approximate surface area is 105 Å². The van der Waals surface area contributed by atoms with Crippen LogP contribution < -0.4 is 4.74 Å². The highest BCUT2D eigenvalue weighted by atomic mass is 79.9. The highest BCUT2D eigenvalue weighted by molar-refractivity contribution is 9.10. The molecule has 1 nitrogen and oxygen atoms in total. The molecule has 1 aromatic carbocycles. The molecule has 0 aliphatic rings. The molecule has 0 aliphatic heterocycles. The molecule has 0 bridgehead atoms. The molecular formula is C12H16BrClO. The van der Waals surface area contributed by atoms with Gasteiger partial charge in [0.25, 0.3) is 0 Å². The molecular weight excluding hydrogens is 275 g/mol. The smallest absolute Gasteiger partial charge is 0.123 e. The van der Waals surface area contributed by atoms with Gasteiger partial charge >= 0.3 is 0 Å². The number of aryl methyl sites for hydroxylation is 1. The normalized spacial score (nSPS) is 12.6. The molecule has 0 N–H and O–H groups in total. The van der Waals surface area contributed by atoms with Crippen molar-refractivity contribution in [2.45, 2.75) is 32.1 Å². The van der Waals surface area contributed by atoms with E-state index in [1.54, 1.807) is 7.11 Å². The van der Waals surface area contributed by atoms with Gasteiger partial charge in [-0.2, -0.15) is 0 Å². The maximum Gasteiger partial charge on any atom is 0.123 e. The van der Waals surface area contributed by atoms with Crippen LogP contribution in [0.25, 0.3) is 0 Å². The van der Waals surface area contributed by atoms with Crippen LogP contribution in [0.3, 0.4) is 0 Å². The predicted octanol–water partition coefficient (Wildman–Crippen LogP) is 4.85. The largest absolute Gasteiger partial charge is 0.496 e. The number of hydrogen-bond acceptors (Lipinski definition) is 1. The van der Waals surface area contributed by atoms with Crippen molar-refractivity contribution in [2.24, 2.45) is 0 Å². The van der Waals surface area contributed by atoms with Crippen molar-refractivity contribution in [1.82, 2.24) is 0 Å². The molecule has 15 heavy (non-hydrogen) atoms. The van der Waals surface area contributed by atoms with Crippen LogP contribution in [0.4, 0.5) is 0 Å². The van der Waals surface area contributed by atoms with E-state index in [0.29, 0.717) is 0 Å². The lowest BCUT2D eigenvalue weighted by molar-refractivity contribution is 0.408. The van der Waals surface area contributed by atoms with Gasteiger partial charge in [0.2, 0.25) is 0 Å². The van der Waals surface area contributed by atoms with Gasteiger partial charge in [-0.15, -0.1) is 11.6 Å². The third kappa shape index (κ3) is 3.12. The number of hydrogen-bond donors (Lipinski definition) is 0. The standard InChI is InChI=1S/C12H16BrClO/c1-4-5-11(14)9-7-10(13)8(2)6-12(9)15-3/h6-7,11H,4-5H2,1-3H3. The number of ether oxygens (including phenoxy) is 1. The minimum absolute atomic E-state index is 0.0295. The molecule has 1 rings (SSSR count). The maximum atomic E-state index is 6.31. The van der Waals surface area contributed by atoms with Gasteiger partial charge in [-0.1, -0.05) is 29.3 Å². The van der Waals surface area contributed by atoms with Crippen LogP contribution >= 0.6 is 27.5 Å². The van der Waals surface area contributed by atoms with Crippen LogP contribution in [0.1, 0.15) is 36.3 Å². The van der Waals surface area contributed by atoms with E-state index in [9.17, 15) is 0 Å². The summed E-state index contributed by atoms with van der Waals surface area (Å²) < 4.78 is 6.43. The predicted molar refractivity (Wildman–Crippen MR) is 68.9 cm³/mol. The van der Waals surface area contributed by atoms with E-state index in [-0.39, 0.29) is 5.38 Å². The quantitative estimate of drug-likeness (QED) is 0.721. The highest BCUT2D eigenvalue weighted by Gasteiger charge is 2.14. The topological polar surface area (TPSA) is 9.23 Å². The zero-order chi connectivity index (χ0) is 11.4. The number of alkyl halides is 1. The van der Waals surface area contributed by atoms with Crippen molar-refractivity contribution in [3.8, 4) is 5.75 Å². The fourth-order valence-corrected chi connectivity index (χ4v) is 2.25. The van der Waals surface area contributed by atoms with Gasteiger partial charge in [0, 0.05) is 10.0 Å². The summed E-state index contributed by atoms with van der Waals surface area (Å²) in [6, 6.07) is 4.08. The molecule has 0 saturated heterocycles. The van der Waals surface area contributed by atoms with E-state index in [0.717, 1.165) is 34.2 Å². The first-order chi connectivity index (χ1) is 7.10. The number of rotatable bonds is 4. The van der Waals surface area contributed by atoms with Crippen molar-refractivity contribution in [1.29, 1.82) is 0 Å². The molecule has 0 heterocycles. The van der Waals surface area contributed by atoms with Gasteiger partial charge in [-0.05, 0) is 31.0 Å². The van der Waals surface area contributed by atoms with Crippen LogP contribution in [0, 0.1) is 6.92 Å². The highest BCUT2D eigenvalue weighted by Crippen LogP contribution is 2.36. The molecule has 1 aromatic rings. The first-order valence-electron chi connectivity index (χ1n) is 5.08. The Morgan fingerprint density at radius 3 is 2.67 bits per heavy atom. The van der Waals surface area contributed by atoms with E-state index < -0.39 is 0 Å². The SMILES string of the molecule is CCCC(Cl)c1cc(Br)c(C)cc1OC. The fraction of sp³-hybridized carbons (Fsp3) is 0.500. The van der Waals surface area contributed by atoms with Crippen molar-refractivity contribution in [3.05, 3.63) is 27.7 Å². The van der Waals surface area contributed by atoms with Crippen molar-refractivity contribution in [3.63, 3.8) is 0 Å². The number of benzene rings is 1. The van der Waals surface area contributed by atoms with E-state index in [2.05, 4.69) is 28.9 Å². The molecule has 84 valence electrons. The Morgan fingerprint density at radius 1 is 1.47 bits per heavy atom. The monoisotopic (exact) mass is 290 g/mol. The summed E-state index contributed by atoms with van der Waals surface area (Å²) in [5.74, 6) is 0.879. The van der Waals surface area contributed by atoms with E-state index in [1.165, 1.54) is 0 Å². The second kappa shape index (κ2) is 5.76. The van der Waals surface area contributed by atoms with Crippen LogP contribution in [-0.2, 0) is 0 Å². The molecule has 0 saturated carbocycles. The van der Waals surface area contributed by atoms with Gasteiger partial charge in [0.05, 0.1) is 12.5 Å². The summed E-state index contributed by atoms with van der Waals surface area (Å²) >= 11 is 9.83. The second-order valence-corrected chi connectivity index (χ2v) is 4.98. The lowest BCUT2D eigenvalue weighted by Crippen LogP contribution is -1.97.